The summed E-state index contributed by atoms with van der Waals surface area (Å²) in [7, 11) is 1.34. The fourth-order valence-electron chi connectivity index (χ4n) is 3.85. The Morgan fingerprint density at radius 3 is 2.22 bits per heavy atom. The predicted molar refractivity (Wildman–Crippen MR) is 143 cm³/mol. The normalized spacial score (nSPS) is 10.6. The monoisotopic (exact) mass is 500 g/mol. The van der Waals surface area contributed by atoms with Crippen LogP contribution in [0.1, 0.15) is 34.6 Å². The molecule has 0 saturated heterocycles. The summed E-state index contributed by atoms with van der Waals surface area (Å²) in [6.07, 6.45) is 1.00. The van der Waals surface area contributed by atoms with Crippen LogP contribution in [0.5, 0.6) is 5.75 Å². The summed E-state index contributed by atoms with van der Waals surface area (Å²) >= 11 is 1.50. The lowest BCUT2D eigenvalue weighted by Gasteiger charge is -2.20. The Balaban J connectivity index is 1.74. The van der Waals surface area contributed by atoms with E-state index in [0.29, 0.717) is 23.0 Å². The zero-order valence-electron chi connectivity index (χ0n) is 20.6. The van der Waals surface area contributed by atoms with Gasteiger partial charge in [-0.15, -0.1) is 11.3 Å². The molecule has 0 radical (unpaired) electrons. The van der Waals surface area contributed by atoms with Gasteiger partial charge in [-0.05, 0) is 67.4 Å². The number of carbonyl (C=O) groups is 2. The molecule has 4 aromatic rings. The molecular formula is C29H28N2O4S. The largest absolute Gasteiger partial charge is 0.494 e. The summed E-state index contributed by atoms with van der Waals surface area (Å²) in [5.41, 5.74) is 3.79. The fourth-order valence-corrected chi connectivity index (χ4v) is 4.91. The van der Waals surface area contributed by atoms with Gasteiger partial charge in [-0.25, -0.2) is 9.78 Å². The summed E-state index contributed by atoms with van der Waals surface area (Å²) in [6.45, 7) is 4.64. The number of aryl methyl sites for hydroxylation is 1. The first kappa shape index (κ1) is 25.1. The molecule has 1 amide bonds. The highest BCUT2D eigenvalue weighted by molar-refractivity contribution is 7.16. The van der Waals surface area contributed by atoms with Crippen LogP contribution in [0.25, 0.3) is 11.3 Å². The summed E-state index contributed by atoms with van der Waals surface area (Å²) in [5.74, 6) is 0.269. The number of hydrogen-bond acceptors (Lipinski definition) is 6. The van der Waals surface area contributed by atoms with Crippen LogP contribution >= 0.6 is 11.3 Å². The van der Waals surface area contributed by atoms with E-state index in [9.17, 15) is 9.59 Å². The number of aromatic nitrogens is 1. The van der Waals surface area contributed by atoms with Crippen molar-refractivity contribution >= 4 is 34.0 Å². The molecule has 4 rings (SSSR count). The maximum atomic E-state index is 13.6. The van der Waals surface area contributed by atoms with Crippen LogP contribution in [-0.2, 0) is 22.4 Å². The average molecular weight is 501 g/mol. The van der Waals surface area contributed by atoms with Crippen molar-refractivity contribution in [2.75, 3.05) is 18.6 Å². The summed E-state index contributed by atoms with van der Waals surface area (Å²) in [5, 5.41) is 0.586. The molecule has 7 heteroatoms. The minimum absolute atomic E-state index is 0.110. The van der Waals surface area contributed by atoms with Gasteiger partial charge in [0.1, 0.15) is 5.75 Å². The topological polar surface area (TPSA) is 68.7 Å². The van der Waals surface area contributed by atoms with Gasteiger partial charge in [0.2, 0.25) is 5.91 Å². The molecular weight excluding hydrogens is 472 g/mol. The number of esters is 1. The minimum Gasteiger partial charge on any atom is -0.494 e. The van der Waals surface area contributed by atoms with E-state index >= 15 is 0 Å². The second-order valence-corrected chi connectivity index (χ2v) is 9.07. The molecule has 0 aliphatic rings. The van der Waals surface area contributed by atoms with Crippen molar-refractivity contribution in [2.24, 2.45) is 0 Å². The van der Waals surface area contributed by atoms with Gasteiger partial charge in [0.25, 0.3) is 0 Å². The van der Waals surface area contributed by atoms with Crippen LogP contribution in [0.4, 0.5) is 10.8 Å². The fraction of sp³-hybridized carbons (Fsp3) is 0.207. The molecule has 0 aliphatic carbocycles. The zero-order chi connectivity index (χ0) is 25.5. The first-order valence-electron chi connectivity index (χ1n) is 11.8. The molecule has 1 aromatic heterocycles. The Labute approximate surface area is 215 Å². The van der Waals surface area contributed by atoms with Crippen LogP contribution in [0.2, 0.25) is 0 Å². The highest BCUT2D eigenvalue weighted by atomic mass is 32.1. The lowest BCUT2D eigenvalue weighted by Crippen LogP contribution is -2.27. The maximum Gasteiger partial charge on any atom is 0.337 e. The lowest BCUT2D eigenvalue weighted by atomic mass is 10.1. The molecule has 1 heterocycles. The molecule has 6 nitrogen and oxygen atoms in total. The SMILES string of the molecule is CCOc1ccc(-c2nc(N(C(=O)Cc3ccccc3)c3ccc(C(=O)OC)cc3)sc2CC)cc1. The summed E-state index contributed by atoms with van der Waals surface area (Å²) in [4.78, 5) is 33.2. The second-order valence-electron chi connectivity index (χ2n) is 8.01. The van der Waals surface area contributed by atoms with Gasteiger partial charge >= 0.3 is 5.97 Å². The van der Waals surface area contributed by atoms with Crippen LogP contribution < -0.4 is 9.64 Å². The minimum atomic E-state index is -0.427. The molecule has 0 atom stereocenters. The van der Waals surface area contributed by atoms with Crippen molar-refractivity contribution in [2.45, 2.75) is 26.7 Å². The number of rotatable bonds is 9. The van der Waals surface area contributed by atoms with E-state index in [1.807, 2.05) is 61.5 Å². The van der Waals surface area contributed by atoms with Crippen molar-refractivity contribution in [1.29, 1.82) is 0 Å². The van der Waals surface area contributed by atoms with Gasteiger partial charge in [-0.1, -0.05) is 37.3 Å². The van der Waals surface area contributed by atoms with E-state index in [0.717, 1.165) is 33.9 Å². The Hall–Kier alpha value is -3.97. The third kappa shape index (κ3) is 5.63. The number of carbonyl (C=O) groups excluding carboxylic acids is 2. The van der Waals surface area contributed by atoms with E-state index in [2.05, 4.69) is 6.92 Å². The van der Waals surface area contributed by atoms with Crippen molar-refractivity contribution in [1.82, 2.24) is 4.98 Å². The molecule has 0 fully saturated rings. The Morgan fingerprint density at radius 1 is 0.917 bits per heavy atom. The quantitative estimate of drug-likeness (QED) is 0.247. The second kappa shape index (κ2) is 11.6. The Morgan fingerprint density at radius 2 is 1.61 bits per heavy atom. The highest BCUT2D eigenvalue weighted by Gasteiger charge is 2.24. The van der Waals surface area contributed by atoms with Crippen LogP contribution in [-0.4, -0.2) is 30.6 Å². The standard InChI is InChI=1S/C29H28N2O4S/c1-4-25-27(21-13-17-24(18-14-21)35-5-2)30-29(36-25)31(26(32)19-20-9-7-6-8-10-20)23-15-11-22(12-16-23)28(33)34-3/h6-18H,4-5,19H2,1-3H3. The van der Waals surface area contributed by atoms with Gasteiger partial charge in [0.15, 0.2) is 5.13 Å². The zero-order valence-corrected chi connectivity index (χ0v) is 21.4. The molecule has 0 bridgehead atoms. The number of ether oxygens (including phenoxy) is 2. The van der Waals surface area contributed by atoms with E-state index in [4.69, 9.17) is 14.5 Å². The third-order valence-corrected chi connectivity index (χ3v) is 6.82. The molecule has 0 spiro atoms. The average Bonchev–Trinajstić information content (AvgIpc) is 3.34. The van der Waals surface area contributed by atoms with Crippen molar-refractivity contribution < 1.29 is 19.1 Å². The molecule has 3 aromatic carbocycles. The third-order valence-electron chi connectivity index (χ3n) is 5.63. The van der Waals surface area contributed by atoms with Crippen molar-refractivity contribution in [3.8, 4) is 17.0 Å². The number of hydrogen-bond donors (Lipinski definition) is 0. The van der Waals surface area contributed by atoms with Crippen molar-refractivity contribution in [3.05, 3.63) is 94.9 Å². The molecule has 0 aliphatic heterocycles. The lowest BCUT2D eigenvalue weighted by molar-refractivity contribution is -0.117. The highest BCUT2D eigenvalue weighted by Crippen LogP contribution is 2.37. The van der Waals surface area contributed by atoms with Gasteiger partial charge in [-0.3, -0.25) is 9.69 Å². The smallest absolute Gasteiger partial charge is 0.337 e. The Kier molecular flexibility index (Phi) is 8.13. The van der Waals surface area contributed by atoms with Gasteiger partial charge in [0.05, 0.1) is 37.1 Å². The number of benzene rings is 3. The summed E-state index contributed by atoms with van der Waals surface area (Å²) < 4.78 is 10.4. The number of methoxy groups -OCH3 is 1. The van der Waals surface area contributed by atoms with E-state index in [1.165, 1.54) is 18.4 Å². The number of anilines is 2. The van der Waals surface area contributed by atoms with Crippen LogP contribution in [0.15, 0.2) is 78.9 Å². The van der Waals surface area contributed by atoms with E-state index < -0.39 is 5.97 Å². The van der Waals surface area contributed by atoms with Crippen LogP contribution in [0, 0.1) is 0 Å². The van der Waals surface area contributed by atoms with E-state index in [-0.39, 0.29) is 12.3 Å². The molecule has 184 valence electrons. The van der Waals surface area contributed by atoms with Crippen LogP contribution in [0.3, 0.4) is 0 Å². The first-order chi connectivity index (χ1) is 17.5. The van der Waals surface area contributed by atoms with Crippen molar-refractivity contribution in [3.63, 3.8) is 0 Å². The first-order valence-corrected chi connectivity index (χ1v) is 12.6. The van der Waals surface area contributed by atoms with Gasteiger partial charge in [0, 0.05) is 10.4 Å². The van der Waals surface area contributed by atoms with Gasteiger partial charge < -0.3 is 9.47 Å². The number of nitrogens with zero attached hydrogens (tertiary/aromatic N) is 2. The Bertz CT molecular complexity index is 1320. The van der Waals surface area contributed by atoms with E-state index in [1.54, 1.807) is 29.2 Å². The van der Waals surface area contributed by atoms with Gasteiger partial charge in [-0.2, -0.15) is 0 Å². The number of thiazole rings is 1. The molecule has 0 unspecified atom stereocenters. The summed E-state index contributed by atoms with van der Waals surface area (Å²) in [6, 6.07) is 24.3. The maximum absolute atomic E-state index is 13.6. The molecule has 0 N–H and O–H groups in total. The number of amides is 1. The molecule has 0 saturated carbocycles. The predicted octanol–water partition coefficient (Wildman–Crippen LogP) is 6.47. The molecule has 36 heavy (non-hydrogen) atoms.